The molecule has 0 atom stereocenters. The Balaban J connectivity index is 3.12. The maximum Gasteiger partial charge on any atom is 0.292 e. The molecule has 0 aliphatic rings. The Hall–Kier alpha value is -1.10. The molecule has 1 aromatic carbocycles. The van der Waals surface area contributed by atoms with E-state index in [0.29, 0.717) is 5.33 Å². The lowest BCUT2D eigenvalue weighted by atomic mass is 10.2. The Bertz CT molecular complexity index is 314. The number of anilines is 1. The van der Waals surface area contributed by atoms with Gasteiger partial charge in [-0.3, -0.25) is 10.1 Å². The summed E-state index contributed by atoms with van der Waals surface area (Å²) in [5.41, 5.74) is 6.53. The maximum atomic E-state index is 10.3. The van der Waals surface area contributed by atoms with Gasteiger partial charge in [0.05, 0.1) is 4.92 Å². The van der Waals surface area contributed by atoms with E-state index >= 15 is 0 Å². The number of halogens is 1. The van der Waals surface area contributed by atoms with E-state index in [2.05, 4.69) is 15.9 Å². The molecule has 0 fully saturated rings. The fourth-order valence-corrected chi connectivity index (χ4v) is 1.20. The van der Waals surface area contributed by atoms with Crippen LogP contribution in [-0.4, -0.2) is 4.92 Å². The molecule has 0 heterocycles. The van der Waals surface area contributed by atoms with E-state index in [1.54, 1.807) is 12.1 Å². The SMILES string of the molecule is Nc1cc(CBr)ccc1[N+](=O)[O-]. The normalized spacial score (nSPS) is 9.75. The van der Waals surface area contributed by atoms with Crippen LogP contribution in [0.25, 0.3) is 0 Å². The summed E-state index contributed by atoms with van der Waals surface area (Å²) < 4.78 is 0. The first-order valence-electron chi connectivity index (χ1n) is 3.24. The summed E-state index contributed by atoms with van der Waals surface area (Å²) in [6.45, 7) is 0. The molecule has 5 heteroatoms. The van der Waals surface area contributed by atoms with Crippen LogP contribution in [-0.2, 0) is 5.33 Å². The highest BCUT2D eigenvalue weighted by atomic mass is 79.9. The summed E-state index contributed by atoms with van der Waals surface area (Å²) >= 11 is 3.23. The van der Waals surface area contributed by atoms with E-state index < -0.39 is 4.92 Å². The van der Waals surface area contributed by atoms with Crippen molar-refractivity contribution in [2.24, 2.45) is 0 Å². The average molecular weight is 231 g/mol. The molecule has 0 aromatic heterocycles. The Morgan fingerprint density at radius 1 is 1.58 bits per heavy atom. The van der Waals surface area contributed by atoms with Crippen LogP contribution in [0, 0.1) is 10.1 Å². The van der Waals surface area contributed by atoms with E-state index in [4.69, 9.17) is 5.73 Å². The standard InChI is InChI=1S/C7H7BrN2O2/c8-4-5-1-2-7(10(11)12)6(9)3-5/h1-3H,4,9H2. The monoisotopic (exact) mass is 230 g/mol. The molecule has 1 rings (SSSR count). The molecule has 0 aliphatic heterocycles. The predicted molar refractivity (Wildman–Crippen MR) is 50.1 cm³/mol. The van der Waals surface area contributed by atoms with Gasteiger partial charge >= 0.3 is 0 Å². The molecule has 4 nitrogen and oxygen atoms in total. The van der Waals surface area contributed by atoms with Crippen molar-refractivity contribution in [3.8, 4) is 0 Å². The minimum Gasteiger partial charge on any atom is -0.393 e. The smallest absolute Gasteiger partial charge is 0.292 e. The number of nitrogens with zero attached hydrogens (tertiary/aromatic N) is 1. The van der Waals surface area contributed by atoms with Crippen LogP contribution in [0.3, 0.4) is 0 Å². The van der Waals surface area contributed by atoms with Gasteiger partial charge in [0.25, 0.3) is 5.69 Å². The zero-order chi connectivity index (χ0) is 9.14. The number of nitrogen functional groups attached to an aromatic ring is 1. The molecule has 0 aliphatic carbocycles. The number of hydrogen-bond donors (Lipinski definition) is 1. The van der Waals surface area contributed by atoms with Gasteiger partial charge in [0, 0.05) is 11.4 Å². The van der Waals surface area contributed by atoms with E-state index in [0.717, 1.165) is 5.56 Å². The highest BCUT2D eigenvalue weighted by Gasteiger charge is 2.09. The van der Waals surface area contributed by atoms with E-state index in [-0.39, 0.29) is 11.4 Å². The third-order valence-electron chi connectivity index (χ3n) is 1.44. The minimum absolute atomic E-state index is 0.0419. The summed E-state index contributed by atoms with van der Waals surface area (Å²) in [6.07, 6.45) is 0. The fourth-order valence-electron chi connectivity index (χ4n) is 0.853. The topological polar surface area (TPSA) is 69.2 Å². The predicted octanol–water partition coefficient (Wildman–Crippen LogP) is 2.07. The van der Waals surface area contributed by atoms with Crippen molar-refractivity contribution in [1.82, 2.24) is 0 Å². The third-order valence-corrected chi connectivity index (χ3v) is 2.09. The molecule has 0 saturated heterocycles. The van der Waals surface area contributed by atoms with Crippen molar-refractivity contribution in [2.75, 3.05) is 5.73 Å². The molecule has 64 valence electrons. The number of rotatable bonds is 2. The van der Waals surface area contributed by atoms with Crippen LogP contribution in [0.1, 0.15) is 5.56 Å². The fraction of sp³-hybridized carbons (Fsp3) is 0.143. The largest absolute Gasteiger partial charge is 0.393 e. The summed E-state index contributed by atoms with van der Waals surface area (Å²) in [5.74, 6) is 0. The second kappa shape index (κ2) is 3.53. The Labute approximate surface area is 77.7 Å². The van der Waals surface area contributed by atoms with Crippen LogP contribution in [0.2, 0.25) is 0 Å². The first-order valence-corrected chi connectivity index (χ1v) is 4.36. The summed E-state index contributed by atoms with van der Waals surface area (Å²) in [4.78, 5) is 9.84. The molecular formula is C7H7BrN2O2. The lowest BCUT2D eigenvalue weighted by molar-refractivity contribution is -0.383. The van der Waals surface area contributed by atoms with Gasteiger partial charge in [-0.25, -0.2) is 0 Å². The number of nitro groups is 1. The van der Waals surface area contributed by atoms with Gasteiger partial charge in [-0.2, -0.15) is 0 Å². The first kappa shape index (κ1) is 8.99. The van der Waals surface area contributed by atoms with E-state index in [9.17, 15) is 10.1 Å². The van der Waals surface area contributed by atoms with Gasteiger partial charge < -0.3 is 5.73 Å². The van der Waals surface area contributed by atoms with Crippen LogP contribution < -0.4 is 5.73 Å². The van der Waals surface area contributed by atoms with Crippen LogP contribution >= 0.6 is 15.9 Å². The lowest BCUT2D eigenvalue weighted by Crippen LogP contribution is -1.95. The van der Waals surface area contributed by atoms with E-state index in [1.807, 2.05) is 0 Å². The molecule has 0 unspecified atom stereocenters. The molecule has 1 aromatic rings. The number of nitro benzene ring substituents is 1. The van der Waals surface area contributed by atoms with Crippen LogP contribution in [0.15, 0.2) is 18.2 Å². The zero-order valence-electron chi connectivity index (χ0n) is 6.16. The van der Waals surface area contributed by atoms with Gasteiger partial charge in [0.1, 0.15) is 5.69 Å². The summed E-state index contributed by atoms with van der Waals surface area (Å²) in [6, 6.07) is 4.67. The maximum absolute atomic E-state index is 10.3. The minimum atomic E-state index is -0.493. The second-order valence-corrected chi connectivity index (χ2v) is 2.84. The van der Waals surface area contributed by atoms with Gasteiger partial charge in [-0.05, 0) is 11.6 Å². The first-order chi connectivity index (χ1) is 5.65. The number of alkyl halides is 1. The average Bonchev–Trinajstić information content (AvgIpc) is 2.03. The second-order valence-electron chi connectivity index (χ2n) is 2.28. The molecule has 0 spiro atoms. The molecule has 2 N–H and O–H groups in total. The zero-order valence-corrected chi connectivity index (χ0v) is 7.74. The summed E-state index contributed by atoms with van der Waals surface area (Å²) in [5, 5.41) is 11.0. The van der Waals surface area contributed by atoms with Crippen molar-refractivity contribution in [3.05, 3.63) is 33.9 Å². The molecular weight excluding hydrogens is 224 g/mol. The van der Waals surface area contributed by atoms with Crippen LogP contribution in [0.5, 0.6) is 0 Å². The Morgan fingerprint density at radius 3 is 2.67 bits per heavy atom. The van der Waals surface area contributed by atoms with Crippen molar-refractivity contribution in [3.63, 3.8) is 0 Å². The number of benzene rings is 1. The van der Waals surface area contributed by atoms with Crippen molar-refractivity contribution in [1.29, 1.82) is 0 Å². The van der Waals surface area contributed by atoms with Crippen molar-refractivity contribution < 1.29 is 4.92 Å². The van der Waals surface area contributed by atoms with Gasteiger partial charge in [0.15, 0.2) is 0 Å². The third kappa shape index (κ3) is 1.73. The Morgan fingerprint density at radius 2 is 2.25 bits per heavy atom. The molecule has 0 bridgehead atoms. The Kier molecular flexibility index (Phi) is 2.65. The van der Waals surface area contributed by atoms with Gasteiger partial charge in [-0.15, -0.1) is 0 Å². The van der Waals surface area contributed by atoms with Gasteiger partial charge in [0.2, 0.25) is 0 Å². The highest BCUT2D eigenvalue weighted by Crippen LogP contribution is 2.22. The van der Waals surface area contributed by atoms with Crippen molar-refractivity contribution >= 4 is 27.3 Å². The molecule has 0 saturated carbocycles. The number of hydrogen-bond acceptors (Lipinski definition) is 3. The lowest BCUT2D eigenvalue weighted by Gasteiger charge is -1.98. The van der Waals surface area contributed by atoms with Crippen molar-refractivity contribution in [2.45, 2.75) is 5.33 Å². The van der Waals surface area contributed by atoms with Crippen LogP contribution in [0.4, 0.5) is 11.4 Å². The van der Waals surface area contributed by atoms with Gasteiger partial charge in [-0.1, -0.05) is 22.0 Å². The quantitative estimate of drug-likeness (QED) is 0.366. The molecule has 0 radical (unpaired) electrons. The van der Waals surface area contributed by atoms with E-state index in [1.165, 1.54) is 6.07 Å². The summed E-state index contributed by atoms with van der Waals surface area (Å²) in [7, 11) is 0. The highest BCUT2D eigenvalue weighted by molar-refractivity contribution is 9.08. The molecule has 0 amide bonds. The molecule has 12 heavy (non-hydrogen) atoms. The number of nitrogens with two attached hydrogens (primary N) is 1.